The van der Waals surface area contributed by atoms with E-state index in [-0.39, 0.29) is 6.61 Å². The minimum atomic E-state index is 0.276. The molecule has 0 aromatic heterocycles. The molecule has 82 valence electrons. The molecule has 2 bridgehead atoms. The molecule has 0 amide bonds. The van der Waals surface area contributed by atoms with Gasteiger partial charge in [0, 0.05) is 6.61 Å². The minimum Gasteiger partial charge on any atom is -0.396 e. The lowest BCUT2D eigenvalue weighted by atomic mass is 9.44. The number of aliphatic hydroxyl groups excluding tert-OH is 1. The highest BCUT2D eigenvalue weighted by Gasteiger charge is 2.55. The summed E-state index contributed by atoms with van der Waals surface area (Å²) in [5, 5.41) is 9.30. The van der Waals surface area contributed by atoms with Gasteiger partial charge in [0.05, 0.1) is 0 Å². The topological polar surface area (TPSA) is 46.2 Å². The molecule has 3 N–H and O–H groups in total. The lowest BCUT2D eigenvalue weighted by Crippen LogP contribution is -2.55. The Morgan fingerprint density at radius 2 is 2.14 bits per heavy atom. The SMILES string of the molecule is CC1(C)[C@H]2CCC(C(CN)CO)[C@@H]1C2. The van der Waals surface area contributed by atoms with E-state index in [9.17, 15) is 5.11 Å². The summed E-state index contributed by atoms with van der Waals surface area (Å²) in [5.74, 6) is 2.80. The first-order valence-electron chi connectivity index (χ1n) is 5.92. The van der Waals surface area contributed by atoms with Crippen LogP contribution in [0.2, 0.25) is 0 Å². The summed E-state index contributed by atoms with van der Waals surface area (Å²) in [6.07, 6.45) is 4.03. The summed E-state index contributed by atoms with van der Waals surface area (Å²) >= 11 is 0. The lowest BCUT2D eigenvalue weighted by molar-refractivity contribution is -0.124. The summed E-state index contributed by atoms with van der Waals surface area (Å²) in [7, 11) is 0. The van der Waals surface area contributed by atoms with Crippen LogP contribution in [0.15, 0.2) is 0 Å². The van der Waals surface area contributed by atoms with Crippen LogP contribution >= 0.6 is 0 Å². The van der Waals surface area contributed by atoms with E-state index in [4.69, 9.17) is 5.73 Å². The van der Waals surface area contributed by atoms with E-state index in [2.05, 4.69) is 13.8 Å². The van der Waals surface area contributed by atoms with Gasteiger partial charge in [-0.3, -0.25) is 0 Å². The fourth-order valence-electron chi connectivity index (χ4n) is 3.82. The Balaban J connectivity index is 2.06. The summed E-state index contributed by atoms with van der Waals surface area (Å²) in [6, 6.07) is 0. The van der Waals surface area contributed by atoms with Gasteiger partial charge in [0.1, 0.15) is 0 Å². The first-order valence-corrected chi connectivity index (χ1v) is 5.92. The molecule has 2 heteroatoms. The van der Waals surface area contributed by atoms with Gasteiger partial charge < -0.3 is 10.8 Å². The van der Waals surface area contributed by atoms with E-state index >= 15 is 0 Å². The van der Waals surface area contributed by atoms with Crippen molar-refractivity contribution >= 4 is 0 Å². The second-order valence-corrected chi connectivity index (χ2v) is 5.78. The van der Waals surface area contributed by atoms with Gasteiger partial charge in [-0.25, -0.2) is 0 Å². The van der Waals surface area contributed by atoms with Gasteiger partial charge in [0.25, 0.3) is 0 Å². The molecule has 0 heterocycles. The van der Waals surface area contributed by atoms with E-state index in [1.807, 2.05) is 0 Å². The van der Waals surface area contributed by atoms with E-state index in [1.54, 1.807) is 0 Å². The Kier molecular flexibility index (Phi) is 2.61. The molecule has 3 aliphatic rings. The van der Waals surface area contributed by atoms with Gasteiger partial charge in [-0.2, -0.15) is 0 Å². The molecule has 14 heavy (non-hydrogen) atoms. The number of aliphatic hydroxyl groups is 1. The second-order valence-electron chi connectivity index (χ2n) is 5.78. The average Bonchev–Trinajstić information content (AvgIpc) is 2.19. The number of hydrogen-bond donors (Lipinski definition) is 2. The first-order chi connectivity index (χ1) is 6.61. The predicted octanol–water partition coefficient (Wildman–Crippen LogP) is 1.63. The zero-order valence-corrected chi connectivity index (χ0v) is 9.37. The van der Waals surface area contributed by atoms with E-state index in [0.717, 1.165) is 11.8 Å². The van der Waals surface area contributed by atoms with Crippen molar-refractivity contribution in [3.8, 4) is 0 Å². The van der Waals surface area contributed by atoms with Gasteiger partial charge >= 0.3 is 0 Å². The van der Waals surface area contributed by atoms with Crippen molar-refractivity contribution in [2.75, 3.05) is 13.2 Å². The van der Waals surface area contributed by atoms with Crippen molar-refractivity contribution in [3.63, 3.8) is 0 Å². The third-order valence-electron chi connectivity index (χ3n) is 5.05. The first kappa shape index (κ1) is 10.4. The zero-order chi connectivity index (χ0) is 10.3. The Morgan fingerprint density at radius 3 is 2.57 bits per heavy atom. The van der Waals surface area contributed by atoms with Crippen molar-refractivity contribution in [2.24, 2.45) is 34.8 Å². The molecule has 4 atom stereocenters. The Morgan fingerprint density at radius 1 is 1.43 bits per heavy atom. The molecule has 2 nitrogen and oxygen atoms in total. The van der Waals surface area contributed by atoms with Crippen molar-refractivity contribution in [1.82, 2.24) is 0 Å². The largest absolute Gasteiger partial charge is 0.396 e. The fourth-order valence-corrected chi connectivity index (χ4v) is 3.82. The van der Waals surface area contributed by atoms with E-state index in [0.29, 0.717) is 23.8 Å². The maximum atomic E-state index is 9.30. The highest BCUT2D eigenvalue weighted by Crippen LogP contribution is 2.62. The van der Waals surface area contributed by atoms with Gasteiger partial charge in [-0.1, -0.05) is 13.8 Å². The molecule has 3 aliphatic carbocycles. The Bertz CT molecular complexity index is 208. The van der Waals surface area contributed by atoms with Gasteiger partial charge in [-0.05, 0) is 54.9 Å². The van der Waals surface area contributed by atoms with Crippen LogP contribution in [0.4, 0.5) is 0 Å². The molecule has 3 rings (SSSR count). The van der Waals surface area contributed by atoms with Crippen LogP contribution in [0, 0.1) is 29.1 Å². The minimum absolute atomic E-state index is 0.276. The third kappa shape index (κ3) is 1.31. The maximum Gasteiger partial charge on any atom is 0.0474 e. The van der Waals surface area contributed by atoms with Crippen LogP contribution in [-0.4, -0.2) is 18.3 Å². The number of fused-ring (bicyclic) bond motifs is 2. The normalized spacial score (nSPS) is 41.6. The highest BCUT2D eigenvalue weighted by molar-refractivity contribution is 5.04. The number of hydrogen-bond acceptors (Lipinski definition) is 2. The standard InChI is InChI=1S/C12H23NO/c1-12(2)9-3-4-10(11(12)5-9)8(6-13)7-14/h8-11,14H,3-7,13H2,1-2H3/t8?,9-,10?,11-/m0/s1. The van der Waals surface area contributed by atoms with Crippen molar-refractivity contribution < 1.29 is 5.11 Å². The van der Waals surface area contributed by atoms with Crippen LogP contribution in [0.3, 0.4) is 0 Å². The quantitative estimate of drug-likeness (QED) is 0.722. The monoisotopic (exact) mass is 197 g/mol. The van der Waals surface area contributed by atoms with Crippen LogP contribution in [0.25, 0.3) is 0 Å². The number of rotatable bonds is 3. The van der Waals surface area contributed by atoms with Crippen LogP contribution < -0.4 is 5.73 Å². The van der Waals surface area contributed by atoms with Crippen molar-refractivity contribution in [3.05, 3.63) is 0 Å². The highest BCUT2D eigenvalue weighted by atomic mass is 16.3. The van der Waals surface area contributed by atoms with Crippen molar-refractivity contribution in [1.29, 1.82) is 0 Å². The zero-order valence-electron chi connectivity index (χ0n) is 9.37. The van der Waals surface area contributed by atoms with Gasteiger partial charge in [-0.15, -0.1) is 0 Å². The second kappa shape index (κ2) is 3.49. The molecule has 0 spiro atoms. The fraction of sp³-hybridized carbons (Fsp3) is 1.00. The van der Waals surface area contributed by atoms with Crippen LogP contribution in [0.1, 0.15) is 33.1 Å². The molecule has 3 saturated carbocycles. The van der Waals surface area contributed by atoms with E-state index in [1.165, 1.54) is 19.3 Å². The Labute approximate surface area is 86.9 Å². The van der Waals surface area contributed by atoms with E-state index < -0.39 is 0 Å². The lowest BCUT2D eigenvalue weighted by Gasteiger charge is -2.61. The van der Waals surface area contributed by atoms with Gasteiger partial charge in [0.2, 0.25) is 0 Å². The molecule has 2 unspecified atom stereocenters. The average molecular weight is 197 g/mol. The van der Waals surface area contributed by atoms with Crippen LogP contribution in [0.5, 0.6) is 0 Å². The molecular formula is C12H23NO. The molecule has 0 aromatic rings. The number of nitrogens with two attached hydrogens (primary N) is 1. The smallest absolute Gasteiger partial charge is 0.0474 e. The molecule has 0 aliphatic heterocycles. The van der Waals surface area contributed by atoms with Crippen molar-refractivity contribution in [2.45, 2.75) is 33.1 Å². The summed E-state index contributed by atoms with van der Waals surface area (Å²) in [5.41, 5.74) is 6.24. The molecule has 0 radical (unpaired) electrons. The summed E-state index contributed by atoms with van der Waals surface area (Å²) in [4.78, 5) is 0. The Hall–Kier alpha value is -0.0800. The molecular weight excluding hydrogens is 174 g/mol. The van der Waals surface area contributed by atoms with Crippen LogP contribution in [-0.2, 0) is 0 Å². The molecule has 3 fully saturated rings. The summed E-state index contributed by atoms with van der Waals surface area (Å²) < 4.78 is 0. The summed E-state index contributed by atoms with van der Waals surface area (Å²) in [6.45, 7) is 5.71. The van der Waals surface area contributed by atoms with Gasteiger partial charge in [0.15, 0.2) is 0 Å². The predicted molar refractivity (Wildman–Crippen MR) is 57.7 cm³/mol. The third-order valence-corrected chi connectivity index (χ3v) is 5.05. The molecule has 0 aromatic carbocycles. The molecule has 0 saturated heterocycles. The maximum absolute atomic E-state index is 9.30.